The van der Waals surface area contributed by atoms with Gasteiger partial charge in [-0.2, -0.15) is 13.2 Å². The Balaban J connectivity index is 2.93. The highest BCUT2D eigenvalue weighted by atomic mass is 79.9. The average molecular weight is 403 g/mol. The summed E-state index contributed by atoms with van der Waals surface area (Å²) in [5.74, 6) is 0. The monoisotopic (exact) mass is 401 g/mol. The van der Waals surface area contributed by atoms with E-state index in [-0.39, 0.29) is 16.1 Å². The van der Waals surface area contributed by atoms with Crippen molar-refractivity contribution in [3.05, 3.63) is 37.4 Å². The molecule has 0 aliphatic heterocycles. The molecule has 1 nitrogen and oxygen atoms in total. The molecule has 0 spiro atoms. The summed E-state index contributed by atoms with van der Waals surface area (Å²) in [6, 6.07) is 3.27. The maximum atomic E-state index is 12.8. The van der Waals surface area contributed by atoms with Gasteiger partial charge in [0.05, 0.1) is 10.5 Å². The van der Waals surface area contributed by atoms with Crippen LogP contribution < -0.4 is 0 Å². The number of aromatic nitrogens is 1. The molecule has 0 N–H and O–H groups in total. The van der Waals surface area contributed by atoms with E-state index in [4.69, 9.17) is 11.6 Å². The minimum atomic E-state index is -4.52. The Hall–Kier alpha value is -0.330. The quantitative estimate of drug-likeness (QED) is 0.547. The molecule has 0 radical (unpaired) electrons. The van der Waals surface area contributed by atoms with Gasteiger partial charge in [0.15, 0.2) is 0 Å². The van der Waals surface area contributed by atoms with Crippen LogP contribution in [0.2, 0.25) is 5.02 Å². The lowest BCUT2D eigenvalue weighted by Gasteiger charge is -2.13. The highest BCUT2D eigenvalue weighted by Crippen LogP contribution is 2.39. The summed E-state index contributed by atoms with van der Waals surface area (Å²) < 4.78 is 39.6. The highest BCUT2D eigenvalue weighted by Gasteiger charge is 2.36. The molecule has 2 aromatic rings. The number of hydrogen-bond donors (Lipinski definition) is 0. The van der Waals surface area contributed by atoms with Gasteiger partial charge in [0.1, 0.15) is 5.69 Å². The maximum absolute atomic E-state index is 12.8. The van der Waals surface area contributed by atoms with Crippen LogP contribution in [-0.2, 0) is 6.18 Å². The molecule has 0 aliphatic carbocycles. The topological polar surface area (TPSA) is 12.9 Å². The average Bonchev–Trinajstić information content (AvgIpc) is 2.22. The normalized spacial score (nSPS) is 12.2. The first kappa shape index (κ1) is 14.1. The van der Waals surface area contributed by atoms with Crippen LogP contribution >= 0.6 is 43.5 Å². The Kier molecular flexibility index (Phi) is 3.64. The van der Waals surface area contributed by atoms with Crippen LogP contribution in [-0.4, -0.2) is 4.98 Å². The van der Waals surface area contributed by atoms with Crippen molar-refractivity contribution in [2.24, 2.45) is 0 Å². The molecule has 1 aromatic carbocycles. The number of alkyl halides is 3. The summed E-state index contributed by atoms with van der Waals surface area (Å²) in [5, 5.41) is 0.540. The minimum Gasteiger partial charge on any atom is -0.242 e. The molecule has 18 heavy (non-hydrogen) atoms. The third kappa shape index (κ3) is 2.38. The number of hydrogen-bond acceptors (Lipinski definition) is 1. The van der Waals surface area contributed by atoms with E-state index in [0.29, 0.717) is 14.3 Å². The predicted octanol–water partition coefficient (Wildman–Crippen LogP) is 5.74. The number of fused-ring (bicyclic) bond motifs is 1. The van der Waals surface area contributed by atoms with Gasteiger partial charge in [-0.1, -0.05) is 27.5 Å². The lowest BCUT2D eigenvalue weighted by atomic mass is 10.1. The summed E-state index contributed by atoms with van der Waals surface area (Å²) in [7, 11) is 0. The van der Waals surface area contributed by atoms with Gasteiger partial charge in [-0.3, -0.25) is 0 Å². The zero-order chi connectivity index (χ0) is 13.7. The van der Waals surface area contributed by atoms with Crippen LogP contribution in [0.25, 0.3) is 10.9 Å². The first-order valence-corrected chi connectivity index (χ1v) is 6.70. The predicted molar refractivity (Wildman–Crippen MR) is 71.9 cm³/mol. The van der Waals surface area contributed by atoms with Gasteiger partial charge in [0.25, 0.3) is 0 Å². The van der Waals surface area contributed by atoms with Gasteiger partial charge < -0.3 is 0 Å². The molecule has 1 heterocycles. The Morgan fingerprint density at radius 1 is 1.22 bits per heavy atom. The number of pyridine rings is 1. The van der Waals surface area contributed by atoms with Gasteiger partial charge in [0.2, 0.25) is 0 Å². The van der Waals surface area contributed by atoms with E-state index >= 15 is 0 Å². The maximum Gasteiger partial charge on any atom is 0.433 e. The van der Waals surface area contributed by atoms with Gasteiger partial charge >= 0.3 is 6.18 Å². The van der Waals surface area contributed by atoms with Crippen molar-refractivity contribution in [1.82, 2.24) is 4.98 Å². The first-order valence-electron chi connectivity index (χ1n) is 4.74. The second-order valence-electron chi connectivity index (χ2n) is 3.68. The molecule has 0 saturated carbocycles. The molecule has 0 unspecified atom stereocenters. The second-order valence-corrected chi connectivity index (χ2v) is 5.83. The van der Waals surface area contributed by atoms with E-state index in [1.165, 1.54) is 6.92 Å². The molecule has 96 valence electrons. The van der Waals surface area contributed by atoms with E-state index in [1.807, 2.05) is 0 Å². The Bertz CT molecular complexity index is 640. The van der Waals surface area contributed by atoms with Crippen molar-refractivity contribution < 1.29 is 13.2 Å². The second kappa shape index (κ2) is 4.65. The van der Waals surface area contributed by atoms with Gasteiger partial charge in [-0.25, -0.2) is 4.98 Å². The third-order valence-electron chi connectivity index (χ3n) is 2.44. The molecular formula is C11H5Br2ClF3N. The van der Waals surface area contributed by atoms with Crippen molar-refractivity contribution in [2.45, 2.75) is 13.1 Å². The van der Waals surface area contributed by atoms with Gasteiger partial charge in [-0.15, -0.1) is 0 Å². The molecule has 0 atom stereocenters. The fourth-order valence-electron chi connectivity index (χ4n) is 1.62. The van der Waals surface area contributed by atoms with E-state index < -0.39 is 11.9 Å². The Morgan fingerprint density at radius 2 is 1.83 bits per heavy atom. The summed E-state index contributed by atoms with van der Waals surface area (Å²) in [6.07, 6.45) is -4.52. The van der Waals surface area contributed by atoms with Crippen LogP contribution in [0.4, 0.5) is 13.2 Å². The van der Waals surface area contributed by atoms with Gasteiger partial charge in [-0.05, 0) is 40.5 Å². The molecule has 7 heteroatoms. The third-order valence-corrected chi connectivity index (χ3v) is 3.99. The van der Waals surface area contributed by atoms with E-state index in [1.54, 1.807) is 12.1 Å². The standard InChI is InChI=1S/C11H5Br2ClF3N/c1-4-8(14)6-2-5(12)3-7(13)9(6)18-10(4)11(15,16)17/h2-3H,1H3. The van der Waals surface area contributed by atoms with Crippen LogP contribution in [0.5, 0.6) is 0 Å². The molecule has 0 bridgehead atoms. The van der Waals surface area contributed by atoms with Crippen molar-refractivity contribution in [2.75, 3.05) is 0 Å². The number of benzene rings is 1. The molecular weight excluding hydrogens is 398 g/mol. The Morgan fingerprint density at radius 3 is 2.39 bits per heavy atom. The smallest absolute Gasteiger partial charge is 0.242 e. The number of rotatable bonds is 0. The molecule has 0 aliphatic rings. The molecule has 1 aromatic heterocycles. The SMILES string of the molecule is Cc1c(C(F)(F)F)nc2c(Br)cc(Br)cc2c1Cl. The van der Waals surface area contributed by atoms with Crippen molar-refractivity contribution in [3.63, 3.8) is 0 Å². The van der Waals surface area contributed by atoms with Crippen molar-refractivity contribution >= 4 is 54.4 Å². The van der Waals surface area contributed by atoms with Crippen molar-refractivity contribution in [1.29, 1.82) is 0 Å². The first-order chi connectivity index (χ1) is 8.21. The summed E-state index contributed by atoms with van der Waals surface area (Å²) in [5.41, 5.74) is -0.828. The number of nitrogens with zero attached hydrogens (tertiary/aromatic N) is 1. The minimum absolute atomic E-state index is 0.0642. The van der Waals surface area contributed by atoms with Crippen LogP contribution in [0.3, 0.4) is 0 Å². The number of halogens is 6. The summed E-state index contributed by atoms with van der Waals surface area (Å²) >= 11 is 12.4. The highest BCUT2D eigenvalue weighted by molar-refractivity contribution is 9.11. The molecule has 0 fully saturated rings. The molecule has 0 amide bonds. The van der Waals surface area contributed by atoms with Crippen LogP contribution in [0, 0.1) is 6.92 Å². The summed E-state index contributed by atoms with van der Waals surface area (Å²) in [4.78, 5) is 3.67. The lowest BCUT2D eigenvalue weighted by molar-refractivity contribution is -0.141. The van der Waals surface area contributed by atoms with Gasteiger partial charge in [0, 0.05) is 14.3 Å². The molecule has 2 rings (SSSR count). The summed E-state index contributed by atoms with van der Waals surface area (Å²) in [6.45, 7) is 1.31. The lowest BCUT2D eigenvalue weighted by Crippen LogP contribution is -2.11. The Labute approximate surface area is 123 Å². The van der Waals surface area contributed by atoms with E-state index in [0.717, 1.165) is 0 Å². The van der Waals surface area contributed by atoms with Crippen LogP contribution in [0.15, 0.2) is 21.1 Å². The van der Waals surface area contributed by atoms with E-state index in [9.17, 15) is 13.2 Å². The zero-order valence-electron chi connectivity index (χ0n) is 8.87. The fraction of sp³-hybridized carbons (Fsp3) is 0.182. The fourth-order valence-corrected chi connectivity index (χ4v) is 3.17. The largest absolute Gasteiger partial charge is 0.433 e. The molecule has 0 saturated heterocycles. The van der Waals surface area contributed by atoms with Crippen molar-refractivity contribution in [3.8, 4) is 0 Å². The van der Waals surface area contributed by atoms with E-state index in [2.05, 4.69) is 36.8 Å². The van der Waals surface area contributed by atoms with Crippen LogP contribution in [0.1, 0.15) is 11.3 Å². The zero-order valence-corrected chi connectivity index (χ0v) is 12.8.